The number of aromatic nitrogens is 1. The number of thiazole rings is 1. The molecule has 0 aliphatic carbocycles. The van der Waals surface area contributed by atoms with Crippen molar-refractivity contribution in [2.75, 3.05) is 44.5 Å². The molecule has 1 unspecified atom stereocenters. The van der Waals surface area contributed by atoms with E-state index in [9.17, 15) is 42.7 Å². The van der Waals surface area contributed by atoms with Crippen molar-refractivity contribution in [2.45, 2.75) is 110 Å². The number of alkyl halides is 3. The van der Waals surface area contributed by atoms with Gasteiger partial charge in [-0.15, -0.1) is 11.3 Å². The number of aryl methyl sites for hydroxylation is 1. The van der Waals surface area contributed by atoms with Crippen molar-refractivity contribution in [1.29, 1.82) is 5.26 Å². The smallest absolute Gasteiger partial charge is 0.417 e. The fraction of sp³-hybridized carbons (Fsp3) is 0.471. The molecule has 0 radical (unpaired) electrons. The van der Waals surface area contributed by atoms with Gasteiger partial charge in [-0.05, 0) is 105 Å². The summed E-state index contributed by atoms with van der Waals surface area (Å²) in [6, 6.07) is 17.8. The van der Waals surface area contributed by atoms with Crippen LogP contribution in [-0.2, 0) is 47.9 Å². The van der Waals surface area contributed by atoms with Gasteiger partial charge in [0.1, 0.15) is 30.0 Å². The molecule has 3 N–H and O–H groups in total. The number of hydrogen-bond donors (Lipinski definition) is 3. The van der Waals surface area contributed by atoms with Crippen LogP contribution in [0.1, 0.15) is 88.2 Å². The molecule has 2 saturated heterocycles. The number of nitrogens with one attached hydrogen (secondary N) is 2. The Balaban J connectivity index is 0.853. The van der Waals surface area contributed by atoms with Gasteiger partial charge in [-0.1, -0.05) is 57.2 Å². The topological polar surface area (TPSA) is 187 Å². The molecule has 380 valence electrons. The summed E-state index contributed by atoms with van der Waals surface area (Å²) in [6.45, 7) is 12.5. The third-order valence-corrected chi connectivity index (χ3v) is 13.6. The van der Waals surface area contributed by atoms with Crippen LogP contribution in [0.25, 0.3) is 10.4 Å². The van der Waals surface area contributed by atoms with E-state index in [1.54, 1.807) is 53.8 Å². The summed E-state index contributed by atoms with van der Waals surface area (Å²) in [4.78, 5) is 63.3. The Morgan fingerprint density at radius 1 is 0.972 bits per heavy atom. The van der Waals surface area contributed by atoms with Crippen molar-refractivity contribution in [3.63, 3.8) is 0 Å². The van der Waals surface area contributed by atoms with Crippen molar-refractivity contribution >= 4 is 58.0 Å². The molecule has 6 rings (SSSR count). The van der Waals surface area contributed by atoms with E-state index in [1.807, 2.05) is 64.1 Å². The van der Waals surface area contributed by atoms with Crippen LogP contribution in [0, 0.1) is 23.7 Å². The number of unbranched alkanes of at least 4 members (excludes halogenated alkanes) is 1. The Labute approximate surface area is 421 Å². The molecule has 15 nitrogen and oxygen atoms in total. The maximum Gasteiger partial charge on any atom is 0.417 e. The van der Waals surface area contributed by atoms with E-state index in [0.717, 1.165) is 57.1 Å². The number of ether oxygens (including phenoxy) is 3. The highest BCUT2D eigenvalue weighted by Gasteiger charge is 2.50. The molecule has 0 saturated carbocycles. The molecule has 20 heteroatoms. The summed E-state index contributed by atoms with van der Waals surface area (Å²) in [5.74, 6) is -1.19. The Morgan fingerprint density at radius 2 is 1.63 bits per heavy atom. The first-order valence-corrected chi connectivity index (χ1v) is 24.6. The quantitative estimate of drug-likeness (QED) is 0.0559. The van der Waals surface area contributed by atoms with Gasteiger partial charge in [0.2, 0.25) is 17.7 Å². The Bertz CT molecular complexity index is 2580. The molecule has 2 fully saturated rings. The lowest BCUT2D eigenvalue weighted by Gasteiger charge is -2.35. The molecule has 3 aromatic carbocycles. The van der Waals surface area contributed by atoms with Gasteiger partial charge in [0, 0.05) is 45.9 Å². The summed E-state index contributed by atoms with van der Waals surface area (Å²) in [7, 11) is 0. The molecule has 2 aliphatic heterocycles. The highest BCUT2D eigenvalue weighted by Crippen LogP contribution is 2.39. The number of carbonyl (C=O) groups excluding carboxylic acids is 4. The minimum absolute atomic E-state index is 0.0314. The van der Waals surface area contributed by atoms with Gasteiger partial charge in [-0.2, -0.15) is 18.4 Å². The second kappa shape index (κ2) is 23.5. The van der Waals surface area contributed by atoms with Gasteiger partial charge >= 0.3 is 6.18 Å². The van der Waals surface area contributed by atoms with Crippen LogP contribution >= 0.6 is 23.6 Å². The maximum atomic E-state index is 13.9. The first kappa shape index (κ1) is 54.4. The van der Waals surface area contributed by atoms with Gasteiger partial charge in [0.15, 0.2) is 5.11 Å². The molecule has 2 aliphatic rings. The maximum absolute atomic E-state index is 13.9. The molecule has 0 spiro atoms. The van der Waals surface area contributed by atoms with E-state index in [4.69, 9.17) is 26.4 Å². The van der Waals surface area contributed by atoms with Crippen LogP contribution in [0.3, 0.4) is 0 Å². The van der Waals surface area contributed by atoms with Gasteiger partial charge in [-0.3, -0.25) is 24.1 Å². The fourth-order valence-electron chi connectivity index (χ4n) is 8.21. The number of aliphatic hydroxyl groups is 1. The van der Waals surface area contributed by atoms with Crippen LogP contribution in [0.4, 0.5) is 18.9 Å². The van der Waals surface area contributed by atoms with Gasteiger partial charge < -0.3 is 39.8 Å². The van der Waals surface area contributed by atoms with Gasteiger partial charge in [0.25, 0.3) is 5.91 Å². The lowest BCUT2D eigenvalue weighted by atomic mass is 9.85. The molecule has 1 aromatic heterocycles. The van der Waals surface area contributed by atoms with E-state index in [1.165, 1.54) is 11.0 Å². The molecule has 4 aromatic rings. The Hall–Kier alpha value is -5.98. The fourth-order valence-corrected chi connectivity index (χ4v) is 9.51. The van der Waals surface area contributed by atoms with Crippen molar-refractivity contribution in [2.24, 2.45) is 5.41 Å². The number of amides is 4. The van der Waals surface area contributed by atoms with E-state index < -0.39 is 64.2 Å². The van der Waals surface area contributed by atoms with Crippen LogP contribution in [0.5, 0.6) is 5.75 Å². The average molecular weight is 1020 g/mol. The van der Waals surface area contributed by atoms with Crippen molar-refractivity contribution in [3.05, 3.63) is 100 Å². The van der Waals surface area contributed by atoms with Crippen molar-refractivity contribution in [3.8, 4) is 22.3 Å². The standard InChI is InChI=1S/C51H60F3N7O8S2/c1-32-43(71-31-57-32)35-14-10-33(11-15-35)27-56-45(64)41-25-38(62)29-59(41)46(65)44(49(2,3)4)58-42(63)30-68-22-9-21-67-20-7-8-23-69-39-18-12-34(13-19-39)28-60-48(70)61(47(66)50(60,5)6)37-17-16-36(26-55)40(24-37)51(52,53)54/h10-19,24,31,38,41,44,62H,7-9,20-23,25,27-30H2,1-6H3,(H,56,64)(H,58,63)/t38-,41+,44?/m1/s1. The number of hydrogen-bond acceptors (Lipinski definition) is 12. The van der Waals surface area contributed by atoms with Crippen LogP contribution in [-0.4, -0.2) is 112 Å². The number of thiocarbonyl (C=S) groups is 1. The summed E-state index contributed by atoms with van der Waals surface area (Å²) in [5, 5.41) is 25.5. The summed E-state index contributed by atoms with van der Waals surface area (Å²) in [6.07, 6.45) is -3.60. The van der Waals surface area contributed by atoms with E-state index in [0.29, 0.717) is 32.0 Å². The zero-order valence-electron chi connectivity index (χ0n) is 40.6. The number of rotatable bonds is 21. The third kappa shape index (κ3) is 13.7. The molecule has 4 amide bonds. The predicted octanol–water partition coefficient (Wildman–Crippen LogP) is 7.31. The first-order chi connectivity index (χ1) is 33.6. The molecule has 3 atom stereocenters. The average Bonchev–Trinajstić information content (AvgIpc) is 3.99. The van der Waals surface area contributed by atoms with Crippen LogP contribution < -0.4 is 20.3 Å². The summed E-state index contributed by atoms with van der Waals surface area (Å²) >= 11 is 7.17. The van der Waals surface area contributed by atoms with Crippen LogP contribution in [0.15, 0.2) is 72.2 Å². The number of halogens is 3. The SMILES string of the molecule is Cc1ncsc1-c1ccc(CNC(=O)[C@@H]2C[C@@H](O)CN2C(=O)C(NC(=O)COCCCOCCCCOc2ccc(CN3C(=S)N(c4ccc(C#N)c(C(F)(F)F)c4)C(=O)C3(C)C)cc2)C(C)(C)C)cc1. The molecular formula is C51H60F3N7O8S2. The normalized spacial score (nSPS) is 17.3. The number of anilines is 1. The largest absolute Gasteiger partial charge is 0.494 e. The third-order valence-electron chi connectivity index (χ3n) is 12.2. The number of carbonyl (C=O) groups is 4. The highest BCUT2D eigenvalue weighted by molar-refractivity contribution is 7.80. The Kier molecular flexibility index (Phi) is 18.0. The summed E-state index contributed by atoms with van der Waals surface area (Å²) in [5.41, 5.74) is 1.84. The Morgan fingerprint density at radius 3 is 2.28 bits per heavy atom. The second-order valence-electron chi connectivity index (χ2n) is 19.1. The highest BCUT2D eigenvalue weighted by atomic mass is 32.1. The van der Waals surface area contributed by atoms with Crippen LogP contribution in [0.2, 0.25) is 0 Å². The number of aliphatic hydroxyl groups excluding tert-OH is 1. The molecule has 3 heterocycles. The van der Waals surface area contributed by atoms with Gasteiger partial charge in [0.05, 0.1) is 51.7 Å². The predicted molar refractivity (Wildman–Crippen MR) is 265 cm³/mol. The lowest BCUT2D eigenvalue weighted by molar-refractivity contribution is -0.144. The van der Waals surface area contributed by atoms with Crippen molar-refractivity contribution in [1.82, 2.24) is 25.4 Å². The van der Waals surface area contributed by atoms with Gasteiger partial charge in [-0.25, -0.2) is 4.98 Å². The number of likely N-dealkylation sites (tertiary alicyclic amines) is 1. The zero-order valence-corrected chi connectivity index (χ0v) is 42.3. The van der Waals surface area contributed by atoms with E-state index >= 15 is 0 Å². The molecule has 71 heavy (non-hydrogen) atoms. The monoisotopic (exact) mass is 1020 g/mol. The number of β-amino-alcohol motifs (C(OH)–C–C–N with tert-alkyl or cyclic N) is 1. The molecular weight excluding hydrogens is 960 g/mol. The number of nitriles is 1. The van der Waals surface area contributed by atoms with E-state index in [-0.39, 0.29) is 56.0 Å². The lowest BCUT2D eigenvalue weighted by Crippen LogP contribution is -2.58. The minimum Gasteiger partial charge on any atom is -0.494 e. The zero-order chi connectivity index (χ0) is 51.7. The summed E-state index contributed by atoms with van der Waals surface area (Å²) < 4.78 is 58.3. The second-order valence-corrected chi connectivity index (χ2v) is 20.3. The van der Waals surface area contributed by atoms with Crippen molar-refractivity contribution < 1.29 is 51.7 Å². The number of nitrogens with zero attached hydrogens (tertiary/aromatic N) is 5. The molecule has 0 bridgehead atoms. The van der Waals surface area contributed by atoms with E-state index in [2.05, 4.69) is 15.6 Å². The number of benzene rings is 3. The minimum atomic E-state index is -4.79. The first-order valence-electron chi connectivity index (χ1n) is 23.3.